The molecule has 6 amide bonds. The Balaban J connectivity index is 0.00000760. The first kappa shape index (κ1) is 54.1. The second kappa shape index (κ2) is 23.0. The van der Waals surface area contributed by atoms with Crippen molar-refractivity contribution in [3.05, 3.63) is 106 Å². The second-order valence-corrected chi connectivity index (χ2v) is 21.9. The molecule has 3 aliphatic heterocycles. The highest BCUT2D eigenvalue weighted by Crippen LogP contribution is 2.44. The van der Waals surface area contributed by atoms with Crippen LogP contribution in [0.1, 0.15) is 112 Å². The summed E-state index contributed by atoms with van der Waals surface area (Å²) in [5, 5.41) is 19.7. The molecule has 1 aromatic heterocycles. The minimum Gasteiger partial charge on any atom is -0.391 e. The van der Waals surface area contributed by atoms with E-state index in [9.17, 15) is 33.9 Å². The van der Waals surface area contributed by atoms with Crippen LogP contribution >= 0.6 is 23.7 Å². The highest BCUT2D eigenvalue weighted by molar-refractivity contribution is 7.13. The van der Waals surface area contributed by atoms with Crippen LogP contribution < -0.4 is 32.3 Å². The summed E-state index contributed by atoms with van der Waals surface area (Å²) in [6, 6.07) is 18.1. The molecular formula is C54H69ClN8O8S. The lowest BCUT2D eigenvalue weighted by Gasteiger charge is -2.38. The molecule has 2 fully saturated rings. The summed E-state index contributed by atoms with van der Waals surface area (Å²) in [5.41, 5.74) is 20.6. The van der Waals surface area contributed by atoms with Gasteiger partial charge in [-0.05, 0) is 96.6 Å². The van der Waals surface area contributed by atoms with Gasteiger partial charge in [0.1, 0.15) is 18.1 Å². The molecule has 1 saturated carbocycles. The minimum absolute atomic E-state index is 0. The molecule has 7 atom stereocenters. The number of hydrogen-bond donors (Lipinski definition) is 6. The molecule has 0 bridgehead atoms. The first-order valence-electron chi connectivity index (χ1n) is 24.9. The predicted molar refractivity (Wildman–Crippen MR) is 278 cm³/mol. The average molecular weight is 1030 g/mol. The van der Waals surface area contributed by atoms with Gasteiger partial charge in [0.2, 0.25) is 35.4 Å². The third-order valence-corrected chi connectivity index (χ3v) is 15.7. The van der Waals surface area contributed by atoms with Crippen molar-refractivity contribution >= 4 is 64.9 Å². The number of para-hydroxylation sites is 1. The van der Waals surface area contributed by atoms with Gasteiger partial charge in [-0.15, -0.1) is 23.7 Å². The number of aliphatic hydroxyl groups is 1. The van der Waals surface area contributed by atoms with Crippen LogP contribution in [-0.2, 0) is 59.5 Å². The number of aliphatic hydroxyl groups excluding tert-OH is 1. The van der Waals surface area contributed by atoms with E-state index in [1.807, 2.05) is 94.7 Å². The fourth-order valence-corrected chi connectivity index (χ4v) is 11.3. The maximum absolute atomic E-state index is 14.2. The number of aryl methyl sites for hydroxylation is 2. The van der Waals surface area contributed by atoms with Gasteiger partial charge < -0.3 is 42.2 Å². The number of halogens is 1. The van der Waals surface area contributed by atoms with Crippen molar-refractivity contribution < 1.29 is 38.6 Å². The number of nitrogens with one attached hydrogen (secondary N) is 3. The number of β-amino-alcohol motifs (C(OH)–C–C–N with tert-alkyl or cyclic N) is 1. The van der Waals surface area contributed by atoms with Gasteiger partial charge in [0.15, 0.2) is 0 Å². The van der Waals surface area contributed by atoms with E-state index >= 15 is 0 Å². The number of primary amides is 1. The molecule has 0 unspecified atom stereocenters. The molecule has 3 aromatic carbocycles. The second-order valence-electron chi connectivity index (χ2n) is 21.1. The molecule has 1 aliphatic carbocycles. The van der Waals surface area contributed by atoms with Crippen LogP contribution in [0.2, 0.25) is 0 Å². The number of nitrogens with two attached hydrogens (primary N) is 2. The SMILES string of the molecule is Cc1ncsc1-c1ccc(CNC(=O)[C@@H]2C[C@@H](O)CN2C(=O)[C@@H](NC(=O)CC2CC(c3ccc(CO[C@H](C)[C@H](CCC(N)=O)NC(=O)[C@@H]4Cc5cccc6c5N4C(=O)[C@@H](N)CC6)cc3)C2)C(C)(C)C)cc1.Cl. The van der Waals surface area contributed by atoms with Gasteiger partial charge in [0, 0.05) is 38.8 Å². The number of nitrogens with zero attached hydrogens (tertiary/aromatic N) is 3. The lowest BCUT2D eigenvalue weighted by molar-refractivity contribution is -0.144. The molecule has 4 heterocycles. The van der Waals surface area contributed by atoms with Crippen molar-refractivity contribution in [2.24, 2.45) is 22.8 Å². The zero-order chi connectivity index (χ0) is 50.7. The monoisotopic (exact) mass is 1020 g/mol. The highest BCUT2D eigenvalue weighted by atomic mass is 35.5. The zero-order valence-corrected chi connectivity index (χ0v) is 43.4. The zero-order valence-electron chi connectivity index (χ0n) is 41.7. The van der Waals surface area contributed by atoms with E-state index in [1.165, 1.54) is 4.90 Å². The van der Waals surface area contributed by atoms with Gasteiger partial charge in [-0.2, -0.15) is 0 Å². The van der Waals surface area contributed by atoms with Crippen LogP contribution in [0.25, 0.3) is 10.4 Å². The molecule has 8 N–H and O–H groups in total. The molecule has 72 heavy (non-hydrogen) atoms. The molecule has 386 valence electrons. The number of thiazole rings is 1. The van der Waals surface area contributed by atoms with Gasteiger partial charge in [-0.3, -0.25) is 33.7 Å². The standard InChI is InChI=1S/C54H68N8O8S.ClH/c1-30-48(71-29-58-30)37-15-9-32(10-16-37)26-57-50(66)43-25-40(63)27-61(43)53(69)49(54(3,4)5)60-46(65)23-34-21-39(22-34)35-13-11-33(12-14-35)28-70-31(2)42(19-20-45(56)64)59-51(67)44-24-38-8-6-7-36-17-18-41(55)52(68)62(44)47(36)38;/h6-16,29,31,34,39-44,49,63H,17-28,55H2,1-5H3,(H2,56,64)(H,57,66)(H,59,67)(H,60,65);1H/t31-,34?,39?,40-,41+,42+,43+,44+,49-;/m1./s1. The number of aromatic nitrogens is 1. The first-order valence-corrected chi connectivity index (χ1v) is 25.8. The topological polar surface area (TPSA) is 239 Å². The Morgan fingerprint density at radius 3 is 2.29 bits per heavy atom. The van der Waals surface area contributed by atoms with Crippen LogP contribution in [0.3, 0.4) is 0 Å². The summed E-state index contributed by atoms with van der Waals surface area (Å²) in [5.74, 6) is -1.67. The lowest BCUT2D eigenvalue weighted by Crippen LogP contribution is -2.58. The van der Waals surface area contributed by atoms with Crippen LogP contribution in [-0.4, -0.2) is 99.4 Å². The third kappa shape index (κ3) is 12.4. The van der Waals surface area contributed by atoms with E-state index in [0.717, 1.165) is 62.5 Å². The number of anilines is 1. The number of benzene rings is 3. The van der Waals surface area contributed by atoms with Crippen molar-refractivity contribution in [3.63, 3.8) is 0 Å². The van der Waals surface area contributed by atoms with Crippen molar-refractivity contribution in [3.8, 4) is 10.4 Å². The molecule has 18 heteroatoms. The highest BCUT2D eigenvalue weighted by Gasteiger charge is 2.46. The van der Waals surface area contributed by atoms with Gasteiger partial charge in [0.25, 0.3) is 0 Å². The normalized spacial score (nSPS) is 22.6. The number of carbonyl (C=O) groups is 6. The number of carbonyl (C=O) groups excluding carboxylic acids is 6. The molecule has 0 spiro atoms. The van der Waals surface area contributed by atoms with Crippen LogP contribution in [0.15, 0.2) is 72.2 Å². The quantitative estimate of drug-likeness (QED) is 0.0769. The molecule has 16 nitrogen and oxygen atoms in total. The van der Waals surface area contributed by atoms with E-state index in [4.69, 9.17) is 16.2 Å². The van der Waals surface area contributed by atoms with Crippen molar-refractivity contribution in [1.29, 1.82) is 0 Å². The molecule has 8 rings (SSSR count). The predicted octanol–water partition coefficient (Wildman–Crippen LogP) is 5.12. The Hall–Kier alpha value is -5.72. The van der Waals surface area contributed by atoms with Gasteiger partial charge in [-0.1, -0.05) is 87.5 Å². The Kier molecular flexibility index (Phi) is 17.3. The molecular weight excluding hydrogens is 956 g/mol. The van der Waals surface area contributed by atoms with Crippen LogP contribution in [0.5, 0.6) is 0 Å². The number of likely N-dealkylation sites (tertiary alicyclic amines) is 1. The maximum Gasteiger partial charge on any atom is 0.246 e. The van der Waals surface area contributed by atoms with E-state index < -0.39 is 59.6 Å². The molecule has 4 aliphatic rings. The van der Waals surface area contributed by atoms with E-state index in [0.29, 0.717) is 19.3 Å². The Labute approximate surface area is 431 Å². The Morgan fingerprint density at radius 1 is 0.931 bits per heavy atom. The van der Waals surface area contributed by atoms with Crippen molar-refractivity contribution in [2.45, 2.75) is 154 Å². The van der Waals surface area contributed by atoms with E-state index in [1.54, 1.807) is 16.2 Å². The molecule has 1 saturated heterocycles. The van der Waals surface area contributed by atoms with Crippen molar-refractivity contribution in [1.82, 2.24) is 25.8 Å². The largest absolute Gasteiger partial charge is 0.391 e. The summed E-state index contributed by atoms with van der Waals surface area (Å²) in [6.07, 6.45) is 2.48. The van der Waals surface area contributed by atoms with E-state index in [2.05, 4.69) is 33.1 Å². The fraction of sp³-hybridized carbons (Fsp3) is 0.500. The van der Waals surface area contributed by atoms with Gasteiger partial charge in [0.05, 0.1) is 52.7 Å². The Morgan fingerprint density at radius 2 is 1.62 bits per heavy atom. The van der Waals surface area contributed by atoms with Crippen LogP contribution in [0, 0.1) is 18.3 Å². The smallest absolute Gasteiger partial charge is 0.246 e. The third-order valence-electron chi connectivity index (χ3n) is 14.7. The minimum atomic E-state index is -0.903. The van der Waals surface area contributed by atoms with Gasteiger partial charge in [-0.25, -0.2) is 4.98 Å². The number of hydrogen-bond acceptors (Lipinski definition) is 11. The summed E-state index contributed by atoms with van der Waals surface area (Å²) >= 11 is 1.57. The molecule has 4 aromatic rings. The average Bonchev–Trinajstić information content (AvgIpc) is 4.04. The lowest BCUT2D eigenvalue weighted by atomic mass is 9.70. The van der Waals surface area contributed by atoms with Gasteiger partial charge >= 0.3 is 0 Å². The number of ether oxygens (including phenoxy) is 1. The summed E-state index contributed by atoms with van der Waals surface area (Å²) in [7, 11) is 0. The number of rotatable bonds is 18. The maximum atomic E-state index is 14.2. The van der Waals surface area contributed by atoms with Crippen LogP contribution in [0.4, 0.5) is 5.69 Å². The fourth-order valence-electron chi connectivity index (χ4n) is 10.5. The Bertz CT molecular complexity index is 2620. The summed E-state index contributed by atoms with van der Waals surface area (Å²) in [4.78, 5) is 89.0. The first-order chi connectivity index (χ1) is 33.8. The summed E-state index contributed by atoms with van der Waals surface area (Å²) in [6.45, 7) is 9.98. The number of amides is 6. The summed E-state index contributed by atoms with van der Waals surface area (Å²) < 4.78 is 6.29. The van der Waals surface area contributed by atoms with Crippen molar-refractivity contribution in [2.75, 3.05) is 11.4 Å². The molecule has 0 radical (unpaired) electrons. The van der Waals surface area contributed by atoms with E-state index in [-0.39, 0.29) is 93.3 Å².